The van der Waals surface area contributed by atoms with Crippen molar-refractivity contribution < 1.29 is 4.92 Å². The molecular formula is C27H23NO2P+. The second kappa shape index (κ2) is 9.51. The molecule has 0 aliphatic heterocycles. The lowest BCUT2D eigenvalue weighted by Crippen LogP contribution is -2.32. The Labute approximate surface area is 183 Å². The van der Waals surface area contributed by atoms with Gasteiger partial charge in [-0.25, -0.2) is 0 Å². The average Bonchev–Trinajstić information content (AvgIpc) is 2.84. The molecule has 3 nitrogen and oxygen atoms in total. The molecule has 4 heteroatoms. The van der Waals surface area contributed by atoms with Gasteiger partial charge in [-0.1, -0.05) is 60.7 Å². The third-order valence-corrected chi connectivity index (χ3v) is 9.68. The van der Waals surface area contributed by atoms with Crippen LogP contribution in [0.1, 0.15) is 5.56 Å². The summed E-state index contributed by atoms with van der Waals surface area (Å²) < 4.78 is 0. The summed E-state index contributed by atoms with van der Waals surface area (Å²) in [5.41, 5.74) is 1.06. The lowest BCUT2D eigenvalue weighted by atomic mass is 10.2. The topological polar surface area (TPSA) is 43.1 Å². The van der Waals surface area contributed by atoms with Gasteiger partial charge < -0.3 is 0 Å². The Kier molecular flexibility index (Phi) is 6.35. The van der Waals surface area contributed by atoms with Crippen LogP contribution in [0.2, 0.25) is 0 Å². The Bertz CT molecular complexity index is 1060. The standard InChI is InChI=1S/C27H23NO2P/c29-28(30)24-20-18-23(19-21-24)11-10-22-31(25-12-4-1-5-13-25,26-14-6-2-7-15-26)27-16-8-3-9-17-27/h1-21H,22H2/q+1. The van der Waals surface area contributed by atoms with E-state index in [4.69, 9.17) is 0 Å². The third-order valence-electron chi connectivity index (χ3n) is 5.38. The minimum Gasteiger partial charge on any atom is -0.258 e. The van der Waals surface area contributed by atoms with Crippen LogP contribution in [-0.2, 0) is 0 Å². The monoisotopic (exact) mass is 424 g/mol. The van der Waals surface area contributed by atoms with Crippen molar-refractivity contribution in [1.82, 2.24) is 0 Å². The number of nitro groups is 1. The normalized spacial score (nSPS) is 11.5. The summed E-state index contributed by atoms with van der Waals surface area (Å²) >= 11 is 0. The van der Waals surface area contributed by atoms with Gasteiger partial charge in [0.2, 0.25) is 0 Å². The van der Waals surface area contributed by atoms with Crippen molar-refractivity contribution in [2.45, 2.75) is 0 Å². The van der Waals surface area contributed by atoms with Gasteiger partial charge in [0.05, 0.1) is 11.1 Å². The highest BCUT2D eigenvalue weighted by atomic mass is 31.2. The number of rotatable bonds is 7. The van der Waals surface area contributed by atoms with Crippen LogP contribution < -0.4 is 15.9 Å². The molecule has 4 aromatic rings. The van der Waals surface area contributed by atoms with E-state index in [0.29, 0.717) is 0 Å². The van der Waals surface area contributed by atoms with Crippen molar-refractivity contribution in [3.05, 3.63) is 137 Å². The lowest BCUT2D eigenvalue weighted by Gasteiger charge is -2.26. The van der Waals surface area contributed by atoms with Crippen LogP contribution in [0.25, 0.3) is 6.08 Å². The van der Waals surface area contributed by atoms with E-state index in [9.17, 15) is 10.1 Å². The smallest absolute Gasteiger partial charge is 0.258 e. The van der Waals surface area contributed by atoms with E-state index in [0.717, 1.165) is 11.7 Å². The largest absolute Gasteiger partial charge is 0.269 e. The molecule has 4 rings (SSSR count). The van der Waals surface area contributed by atoms with E-state index in [2.05, 4.69) is 103 Å². The highest BCUT2D eigenvalue weighted by molar-refractivity contribution is 7.95. The van der Waals surface area contributed by atoms with E-state index in [1.807, 2.05) is 0 Å². The fourth-order valence-electron chi connectivity index (χ4n) is 3.86. The first-order valence-corrected chi connectivity index (χ1v) is 12.1. The van der Waals surface area contributed by atoms with Gasteiger partial charge in [-0.05, 0) is 60.2 Å². The zero-order valence-electron chi connectivity index (χ0n) is 17.0. The molecule has 0 saturated heterocycles. The second-order valence-electron chi connectivity index (χ2n) is 7.25. The Balaban J connectivity index is 1.79. The number of allylic oxidation sites excluding steroid dienone is 1. The molecule has 0 atom stereocenters. The van der Waals surface area contributed by atoms with E-state index in [1.165, 1.54) is 15.9 Å². The summed E-state index contributed by atoms with van der Waals surface area (Å²) in [4.78, 5) is 10.5. The van der Waals surface area contributed by atoms with Crippen LogP contribution in [0.3, 0.4) is 0 Å². The first-order valence-electron chi connectivity index (χ1n) is 10.2. The SMILES string of the molecule is O=[N+]([O-])c1ccc(C=CC[P+](c2ccccc2)(c2ccccc2)c2ccccc2)cc1. The number of benzene rings is 4. The predicted molar refractivity (Wildman–Crippen MR) is 132 cm³/mol. The van der Waals surface area contributed by atoms with Gasteiger partial charge in [-0.15, -0.1) is 0 Å². The summed E-state index contributed by atoms with van der Waals surface area (Å²) in [6.07, 6.45) is 5.14. The number of nitro benzene ring substituents is 1. The van der Waals surface area contributed by atoms with E-state index in [1.54, 1.807) is 24.3 Å². The molecule has 0 aliphatic rings. The van der Waals surface area contributed by atoms with Crippen LogP contribution in [0.4, 0.5) is 5.69 Å². The zero-order chi connectivity index (χ0) is 21.5. The first kappa shape index (κ1) is 20.7. The zero-order valence-corrected chi connectivity index (χ0v) is 17.9. The van der Waals surface area contributed by atoms with Crippen LogP contribution in [-0.4, -0.2) is 11.1 Å². The van der Waals surface area contributed by atoms with Crippen LogP contribution >= 0.6 is 7.26 Å². The van der Waals surface area contributed by atoms with Crippen LogP contribution in [0, 0.1) is 10.1 Å². The lowest BCUT2D eigenvalue weighted by molar-refractivity contribution is -0.384. The molecule has 31 heavy (non-hydrogen) atoms. The highest BCUT2D eigenvalue weighted by Gasteiger charge is 2.44. The predicted octanol–water partition coefficient (Wildman–Crippen LogP) is 5.60. The van der Waals surface area contributed by atoms with Crippen molar-refractivity contribution in [3.8, 4) is 0 Å². The van der Waals surface area contributed by atoms with E-state index >= 15 is 0 Å². The van der Waals surface area contributed by atoms with Gasteiger partial charge in [0.1, 0.15) is 23.2 Å². The summed E-state index contributed by atoms with van der Waals surface area (Å²) in [6.45, 7) is 0. The van der Waals surface area contributed by atoms with E-state index < -0.39 is 7.26 Å². The molecular weight excluding hydrogens is 401 g/mol. The van der Waals surface area contributed by atoms with Gasteiger partial charge in [-0.2, -0.15) is 0 Å². The molecule has 0 bridgehead atoms. The minimum atomic E-state index is -1.91. The first-order chi connectivity index (χ1) is 15.2. The van der Waals surface area contributed by atoms with Gasteiger partial charge in [-0.3, -0.25) is 10.1 Å². The fourth-order valence-corrected chi connectivity index (χ4v) is 7.86. The third kappa shape index (κ3) is 4.47. The fraction of sp³-hybridized carbons (Fsp3) is 0.0370. The molecule has 0 aliphatic carbocycles. The Morgan fingerprint density at radius 1 is 0.645 bits per heavy atom. The van der Waals surface area contributed by atoms with Crippen LogP contribution in [0.5, 0.6) is 0 Å². The number of nitrogens with zero attached hydrogens (tertiary/aromatic N) is 1. The molecule has 0 unspecified atom stereocenters. The maximum Gasteiger partial charge on any atom is 0.269 e. The molecule has 0 saturated carbocycles. The number of hydrogen-bond donors (Lipinski definition) is 0. The highest BCUT2D eigenvalue weighted by Crippen LogP contribution is 2.55. The van der Waals surface area contributed by atoms with E-state index in [-0.39, 0.29) is 10.6 Å². The van der Waals surface area contributed by atoms with Crippen molar-refractivity contribution in [1.29, 1.82) is 0 Å². The maximum absolute atomic E-state index is 10.9. The molecule has 0 fully saturated rings. The summed E-state index contributed by atoms with van der Waals surface area (Å²) in [5, 5.41) is 14.9. The Morgan fingerprint density at radius 2 is 1.06 bits per heavy atom. The van der Waals surface area contributed by atoms with Crippen molar-refractivity contribution in [2.24, 2.45) is 0 Å². The molecule has 0 heterocycles. The van der Waals surface area contributed by atoms with Crippen molar-refractivity contribution in [3.63, 3.8) is 0 Å². The summed E-state index contributed by atoms with van der Waals surface area (Å²) in [6, 6.07) is 38.9. The second-order valence-corrected chi connectivity index (χ2v) is 10.8. The summed E-state index contributed by atoms with van der Waals surface area (Å²) in [7, 11) is -1.91. The molecule has 0 radical (unpaired) electrons. The Morgan fingerprint density at radius 3 is 1.45 bits per heavy atom. The minimum absolute atomic E-state index is 0.108. The quantitative estimate of drug-likeness (QED) is 0.220. The molecule has 0 amide bonds. The molecule has 0 N–H and O–H groups in total. The van der Waals surface area contributed by atoms with Gasteiger partial charge >= 0.3 is 0 Å². The van der Waals surface area contributed by atoms with Crippen molar-refractivity contribution in [2.75, 3.05) is 6.16 Å². The maximum atomic E-state index is 10.9. The Hall–Kier alpha value is -3.55. The summed E-state index contributed by atoms with van der Waals surface area (Å²) in [5.74, 6) is 0. The number of non-ortho nitro benzene ring substituents is 1. The van der Waals surface area contributed by atoms with Crippen LogP contribution in [0.15, 0.2) is 121 Å². The number of hydrogen-bond acceptors (Lipinski definition) is 2. The van der Waals surface area contributed by atoms with Crippen molar-refractivity contribution >= 4 is 34.9 Å². The molecule has 4 aromatic carbocycles. The van der Waals surface area contributed by atoms with Gasteiger partial charge in [0.25, 0.3) is 5.69 Å². The van der Waals surface area contributed by atoms with Gasteiger partial charge in [0.15, 0.2) is 0 Å². The molecule has 0 spiro atoms. The molecule has 0 aromatic heterocycles. The van der Waals surface area contributed by atoms with Gasteiger partial charge in [0, 0.05) is 12.1 Å². The molecule has 152 valence electrons. The average molecular weight is 424 g/mol.